The summed E-state index contributed by atoms with van der Waals surface area (Å²) in [6, 6.07) is 13.7. The summed E-state index contributed by atoms with van der Waals surface area (Å²) in [5, 5.41) is 3.76. The van der Waals surface area contributed by atoms with Crippen LogP contribution in [-0.2, 0) is 11.3 Å². The predicted octanol–water partition coefficient (Wildman–Crippen LogP) is 2.79. The highest BCUT2D eigenvalue weighted by atomic mass is 32.2. The molecule has 0 aliphatic heterocycles. The monoisotopic (exact) mass is 371 g/mol. The summed E-state index contributed by atoms with van der Waals surface area (Å²) in [5.74, 6) is -1.15. The van der Waals surface area contributed by atoms with Crippen LogP contribution in [0.2, 0.25) is 0 Å². The zero-order valence-electron chi connectivity index (χ0n) is 13.9. The lowest BCUT2D eigenvalue weighted by Gasteiger charge is -2.08. The first kappa shape index (κ1) is 18.0. The Bertz CT molecular complexity index is 955. The SMILES string of the molecule is NC(=O)CSc1cn(CCNC(=O)c2ccccc2F)c2ccccc12. The molecule has 0 radical (unpaired) electrons. The highest BCUT2D eigenvalue weighted by Crippen LogP contribution is 2.29. The third-order valence-corrected chi connectivity index (χ3v) is 4.94. The molecule has 1 aromatic heterocycles. The number of halogens is 1. The number of fused-ring (bicyclic) bond motifs is 1. The largest absolute Gasteiger partial charge is 0.369 e. The van der Waals surface area contributed by atoms with Gasteiger partial charge in [0.15, 0.2) is 0 Å². The summed E-state index contributed by atoms with van der Waals surface area (Å²) in [4.78, 5) is 24.1. The number of benzene rings is 2. The van der Waals surface area contributed by atoms with Crippen LogP contribution in [0.5, 0.6) is 0 Å². The first-order valence-electron chi connectivity index (χ1n) is 8.08. The van der Waals surface area contributed by atoms with Gasteiger partial charge in [0, 0.05) is 35.1 Å². The molecule has 0 saturated heterocycles. The Labute approximate surface area is 154 Å². The lowest BCUT2D eigenvalue weighted by molar-refractivity contribution is -0.115. The number of nitrogens with zero attached hydrogens (tertiary/aromatic N) is 1. The van der Waals surface area contributed by atoms with Crippen molar-refractivity contribution < 1.29 is 14.0 Å². The number of thioether (sulfide) groups is 1. The molecule has 134 valence electrons. The van der Waals surface area contributed by atoms with E-state index in [-0.39, 0.29) is 17.2 Å². The van der Waals surface area contributed by atoms with Crippen LogP contribution in [-0.4, -0.2) is 28.7 Å². The van der Waals surface area contributed by atoms with Gasteiger partial charge in [-0.1, -0.05) is 30.3 Å². The minimum atomic E-state index is -0.540. The van der Waals surface area contributed by atoms with Crippen LogP contribution in [0.25, 0.3) is 10.9 Å². The fourth-order valence-corrected chi connectivity index (χ4v) is 3.52. The maximum absolute atomic E-state index is 13.6. The van der Waals surface area contributed by atoms with Crippen molar-refractivity contribution in [2.24, 2.45) is 5.73 Å². The molecule has 7 heteroatoms. The van der Waals surface area contributed by atoms with Crippen LogP contribution in [0.15, 0.2) is 59.6 Å². The Kier molecular flexibility index (Phi) is 5.58. The van der Waals surface area contributed by atoms with Crippen molar-refractivity contribution in [1.82, 2.24) is 9.88 Å². The molecule has 5 nitrogen and oxygen atoms in total. The topological polar surface area (TPSA) is 77.1 Å². The van der Waals surface area contributed by atoms with Gasteiger partial charge < -0.3 is 15.6 Å². The second kappa shape index (κ2) is 8.05. The first-order valence-corrected chi connectivity index (χ1v) is 9.06. The Morgan fingerprint density at radius 3 is 2.62 bits per heavy atom. The van der Waals surface area contributed by atoms with Crippen LogP contribution in [0, 0.1) is 5.82 Å². The molecule has 2 aromatic carbocycles. The van der Waals surface area contributed by atoms with Crippen molar-refractivity contribution in [3.63, 3.8) is 0 Å². The third kappa shape index (κ3) is 4.05. The number of hydrogen-bond acceptors (Lipinski definition) is 3. The van der Waals surface area contributed by atoms with Crippen molar-refractivity contribution in [3.8, 4) is 0 Å². The van der Waals surface area contributed by atoms with Crippen LogP contribution in [0.1, 0.15) is 10.4 Å². The fourth-order valence-electron chi connectivity index (χ4n) is 2.69. The van der Waals surface area contributed by atoms with E-state index in [1.807, 2.05) is 35.0 Å². The second-order valence-electron chi connectivity index (χ2n) is 5.69. The molecule has 3 N–H and O–H groups in total. The molecule has 0 saturated carbocycles. The average molecular weight is 371 g/mol. The van der Waals surface area contributed by atoms with Gasteiger partial charge in [0.25, 0.3) is 5.91 Å². The molecule has 2 amide bonds. The third-order valence-electron chi connectivity index (χ3n) is 3.88. The van der Waals surface area contributed by atoms with E-state index < -0.39 is 11.7 Å². The van der Waals surface area contributed by atoms with Gasteiger partial charge in [-0.15, -0.1) is 11.8 Å². The normalized spacial score (nSPS) is 10.8. The van der Waals surface area contributed by atoms with Gasteiger partial charge in [-0.05, 0) is 18.2 Å². The van der Waals surface area contributed by atoms with Crippen molar-refractivity contribution >= 4 is 34.5 Å². The summed E-state index contributed by atoms with van der Waals surface area (Å²) in [5.41, 5.74) is 6.26. The Balaban J connectivity index is 1.70. The smallest absolute Gasteiger partial charge is 0.254 e. The summed E-state index contributed by atoms with van der Waals surface area (Å²) in [6.07, 6.45) is 1.94. The van der Waals surface area contributed by atoms with Crippen LogP contribution in [0.4, 0.5) is 4.39 Å². The standard InChI is InChI=1S/C19H18FN3O2S/c20-15-7-3-1-5-13(15)19(25)22-9-10-23-11-17(26-12-18(21)24)14-6-2-4-8-16(14)23/h1-8,11H,9-10,12H2,(H2,21,24)(H,22,25). The summed E-state index contributed by atoms with van der Waals surface area (Å²) in [6.45, 7) is 0.879. The first-order chi connectivity index (χ1) is 12.6. The number of carbonyl (C=O) groups is 2. The number of aromatic nitrogens is 1. The maximum Gasteiger partial charge on any atom is 0.254 e. The fraction of sp³-hybridized carbons (Fsp3) is 0.158. The molecule has 0 spiro atoms. The average Bonchev–Trinajstić information content (AvgIpc) is 2.98. The van der Waals surface area contributed by atoms with Crippen molar-refractivity contribution in [2.75, 3.05) is 12.3 Å². The Hall–Kier alpha value is -2.80. The van der Waals surface area contributed by atoms with Crippen LogP contribution in [0.3, 0.4) is 0 Å². The molecule has 0 aliphatic carbocycles. The maximum atomic E-state index is 13.6. The van der Waals surface area contributed by atoms with Crippen molar-refractivity contribution in [1.29, 1.82) is 0 Å². The molecular weight excluding hydrogens is 353 g/mol. The number of nitrogens with two attached hydrogens (primary N) is 1. The molecular formula is C19H18FN3O2S. The van der Waals surface area contributed by atoms with E-state index >= 15 is 0 Å². The van der Waals surface area contributed by atoms with Crippen molar-refractivity contribution in [3.05, 3.63) is 66.1 Å². The molecule has 0 fully saturated rings. The van der Waals surface area contributed by atoms with Crippen LogP contribution < -0.4 is 11.1 Å². The van der Waals surface area contributed by atoms with Crippen molar-refractivity contribution in [2.45, 2.75) is 11.4 Å². The number of carbonyl (C=O) groups excluding carboxylic acids is 2. The molecule has 3 rings (SSSR count). The van der Waals surface area contributed by atoms with Gasteiger partial charge in [0.2, 0.25) is 5.91 Å². The van der Waals surface area contributed by atoms with Gasteiger partial charge in [-0.2, -0.15) is 0 Å². The molecule has 0 aliphatic rings. The Morgan fingerprint density at radius 1 is 1.12 bits per heavy atom. The second-order valence-corrected chi connectivity index (χ2v) is 6.71. The van der Waals surface area contributed by atoms with E-state index in [4.69, 9.17) is 5.73 Å². The molecule has 0 unspecified atom stereocenters. The lowest BCUT2D eigenvalue weighted by atomic mass is 10.2. The number of rotatable bonds is 7. The lowest BCUT2D eigenvalue weighted by Crippen LogP contribution is -2.27. The summed E-state index contributed by atoms with van der Waals surface area (Å²) < 4.78 is 15.6. The number of para-hydroxylation sites is 1. The minimum absolute atomic E-state index is 0.0302. The summed E-state index contributed by atoms with van der Waals surface area (Å²) in [7, 11) is 0. The molecule has 0 bridgehead atoms. The quantitative estimate of drug-likeness (QED) is 0.627. The molecule has 1 heterocycles. The van der Waals surface area contributed by atoms with E-state index in [1.165, 1.54) is 23.9 Å². The highest BCUT2D eigenvalue weighted by Gasteiger charge is 2.12. The number of primary amides is 1. The van der Waals surface area contributed by atoms with E-state index in [2.05, 4.69) is 5.32 Å². The zero-order chi connectivity index (χ0) is 18.5. The number of hydrogen-bond donors (Lipinski definition) is 2. The zero-order valence-corrected chi connectivity index (χ0v) is 14.8. The Morgan fingerprint density at radius 2 is 1.85 bits per heavy atom. The van der Waals surface area contributed by atoms with Gasteiger partial charge in [0.1, 0.15) is 5.82 Å². The highest BCUT2D eigenvalue weighted by molar-refractivity contribution is 8.00. The number of amides is 2. The van der Waals surface area contributed by atoms with Gasteiger partial charge in [0.05, 0.1) is 11.3 Å². The van der Waals surface area contributed by atoms with E-state index in [0.29, 0.717) is 13.1 Å². The van der Waals surface area contributed by atoms with Gasteiger partial charge in [-0.25, -0.2) is 4.39 Å². The molecule has 3 aromatic rings. The predicted molar refractivity (Wildman–Crippen MR) is 101 cm³/mol. The van der Waals surface area contributed by atoms with E-state index in [9.17, 15) is 14.0 Å². The van der Waals surface area contributed by atoms with Gasteiger partial charge >= 0.3 is 0 Å². The van der Waals surface area contributed by atoms with Gasteiger partial charge in [-0.3, -0.25) is 9.59 Å². The number of nitrogens with one attached hydrogen (secondary N) is 1. The van der Waals surface area contributed by atoms with E-state index in [1.54, 1.807) is 12.1 Å². The molecule has 0 atom stereocenters. The molecule has 26 heavy (non-hydrogen) atoms. The van der Waals surface area contributed by atoms with Crippen LogP contribution >= 0.6 is 11.8 Å². The summed E-state index contributed by atoms with van der Waals surface area (Å²) >= 11 is 1.39. The minimum Gasteiger partial charge on any atom is -0.369 e. The van der Waals surface area contributed by atoms with E-state index in [0.717, 1.165) is 15.8 Å².